The number of nitrogens with one attached hydrogen (secondary N) is 1. The molecule has 1 N–H and O–H groups in total. The molecule has 0 saturated carbocycles. The minimum absolute atomic E-state index is 0.239. The van der Waals surface area contributed by atoms with E-state index in [1.807, 2.05) is 0 Å². The highest BCUT2D eigenvalue weighted by Crippen LogP contribution is 2.40. The van der Waals surface area contributed by atoms with Gasteiger partial charge in [-0.2, -0.15) is 0 Å². The van der Waals surface area contributed by atoms with Gasteiger partial charge in [-0.05, 0) is 48.7 Å². The Morgan fingerprint density at radius 1 is 1.00 bits per heavy atom. The molecule has 0 aliphatic carbocycles. The van der Waals surface area contributed by atoms with Crippen LogP contribution in [0.1, 0.15) is 17.4 Å². The molecule has 26 heavy (non-hydrogen) atoms. The zero-order valence-corrected chi connectivity index (χ0v) is 15.4. The third-order valence-electron chi connectivity index (χ3n) is 4.42. The summed E-state index contributed by atoms with van der Waals surface area (Å²) in [7, 11) is 0. The maximum absolute atomic E-state index is 13.3. The highest BCUT2D eigenvalue weighted by molar-refractivity contribution is 7.19. The van der Waals surface area contributed by atoms with Crippen molar-refractivity contribution in [1.82, 2.24) is 9.97 Å². The van der Waals surface area contributed by atoms with Crippen molar-refractivity contribution in [2.75, 3.05) is 5.32 Å². The van der Waals surface area contributed by atoms with Crippen LogP contribution in [0.3, 0.4) is 0 Å². The molecular formula is C21H18FN3S. The van der Waals surface area contributed by atoms with Gasteiger partial charge >= 0.3 is 0 Å². The maximum Gasteiger partial charge on any atom is 0.143 e. The molecule has 5 heteroatoms. The predicted molar refractivity (Wildman–Crippen MR) is 107 cm³/mol. The fourth-order valence-corrected chi connectivity index (χ4v) is 4.08. The Labute approximate surface area is 155 Å². The number of aromatic nitrogens is 2. The van der Waals surface area contributed by atoms with E-state index in [1.54, 1.807) is 29.8 Å². The van der Waals surface area contributed by atoms with Gasteiger partial charge in [-0.25, -0.2) is 14.4 Å². The van der Waals surface area contributed by atoms with Crippen molar-refractivity contribution in [2.45, 2.75) is 20.3 Å². The Balaban J connectivity index is 1.83. The molecule has 0 atom stereocenters. The molecule has 0 saturated heterocycles. The molecule has 4 rings (SSSR count). The van der Waals surface area contributed by atoms with Crippen molar-refractivity contribution in [3.8, 4) is 11.1 Å². The molecule has 130 valence electrons. The predicted octanol–water partition coefficient (Wildman–Crippen LogP) is 6.11. The van der Waals surface area contributed by atoms with E-state index in [9.17, 15) is 4.39 Å². The number of thiophene rings is 1. The summed E-state index contributed by atoms with van der Waals surface area (Å²) in [5.41, 5.74) is 4.30. The number of nitrogens with zero attached hydrogens (tertiary/aromatic N) is 2. The second-order valence-corrected chi connectivity index (χ2v) is 7.32. The first kappa shape index (κ1) is 16.7. The molecule has 0 aliphatic rings. The number of fused-ring (bicyclic) bond motifs is 1. The van der Waals surface area contributed by atoms with Crippen LogP contribution in [-0.2, 0) is 6.42 Å². The van der Waals surface area contributed by atoms with Crippen molar-refractivity contribution >= 4 is 33.1 Å². The zero-order valence-electron chi connectivity index (χ0n) is 14.6. The molecule has 0 bridgehead atoms. The zero-order chi connectivity index (χ0) is 18.1. The molecule has 0 radical (unpaired) electrons. The summed E-state index contributed by atoms with van der Waals surface area (Å²) in [6, 6.07) is 14.9. The minimum atomic E-state index is -0.239. The van der Waals surface area contributed by atoms with Crippen molar-refractivity contribution < 1.29 is 4.39 Å². The van der Waals surface area contributed by atoms with Gasteiger partial charge in [0, 0.05) is 16.1 Å². The lowest BCUT2D eigenvalue weighted by atomic mass is 10.0. The van der Waals surface area contributed by atoms with Gasteiger partial charge < -0.3 is 5.32 Å². The summed E-state index contributed by atoms with van der Waals surface area (Å²) in [6.07, 6.45) is 2.59. The van der Waals surface area contributed by atoms with Crippen molar-refractivity contribution in [2.24, 2.45) is 0 Å². The van der Waals surface area contributed by atoms with Gasteiger partial charge in [0.15, 0.2) is 0 Å². The van der Waals surface area contributed by atoms with E-state index < -0.39 is 0 Å². The number of rotatable bonds is 4. The number of benzene rings is 2. The molecule has 0 amide bonds. The fraction of sp³-hybridized carbons (Fsp3) is 0.143. The summed E-state index contributed by atoms with van der Waals surface area (Å²) < 4.78 is 13.3. The van der Waals surface area contributed by atoms with Gasteiger partial charge in [0.25, 0.3) is 0 Å². The summed E-state index contributed by atoms with van der Waals surface area (Å²) in [5.74, 6) is 0.527. The molecule has 2 heterocycles. The molecule has 0 spiro atoms. The van der Waals surface area contributed by atoms with E-state index in [1.165, 1.54) is 17.7 Å². The van der Waals surface area contributed by atoms with Crippen LogP contribution >= 0.6 is 11.3 Å². The molecule has 4 aromatic rings. The summed E-state index contributed by atoms with van der Waals surface area (Å²) >= 11 is 1.62. The SMILES string of the molecule is CCc1ccc(Nc2ncnc3sc(C)c(-c4ccc(F)cc4)c23)cc1. The molecular weight excluding hydrogens is 345 g/mol. The highest BCUT2D eigenvalue weighted by Gasteiger charge is 2.17. The van der Waals surface area contributed by atoms with E-state index >= 15 is 0 Å². The largest absolute Gasteiger partial charge is 0.340 e. The quantitative estimate of drug-likeness (QED) is 0.475. The average molecular weight is 363 g/mol. The van der Waals surface area contributed by atoms with Gasteiger partial charge in [0.2, 0.25) is 0 Å². The lowest BCUT2D eigenvalue weighted by molar-refractivity contribution is 0.628. The van der Waals surface area contributed by atoms with Gasteiger partial charge in [0.05, 0.1) is 5.39 Å². The standard InChI is InChI=1S/C21H18FN3S/c1-3-14-4-10-17(11-5-14)25-20-19-18(15-6-8-16(22)9-7-15)13(2)26-21(19)24-12-23-20/h4-12H,3H2,1-2H3,(H,23,24,25). The highest BCUT2D eigenvalue weighted by atomic mass is 32.1. The normalized spacial score (nSPS) is 11.0. The lowest BCUT2D eigenvalue weighted by Gasteiger charge is -2.09. The number of hydrogen-bond donors (Lipinski definition) is 1. The first-order valence-electron chi connectivity index (χ1n) is 8.51. The summed E-state index contributed by atoms with van der Waals surface area (Å²) in [4.78, 5) is 11.0. The van der Waals surface area contributed by atoms with E-state index in [2.05, 4.69) is 53.4 Å². The van der Waals surface area contributed by atoms with Gasteiger partial charge in [-0.3, -0.25) is 0 Å². The Hall–Kier alpha value is -2.79. The molecule has 0 aliphatic heterocycles. The Bertz CT molecular complexity index is 1050. The van der Waals surface area contributed by atoms with Crippen LogP contribution < -0.4 is 5.32 Å². The second-order valence-electron chi connectivity index (χ2n) is 6.12. The van der Waals surface area contributed by atoms with E-state index in [-0.39, 0.29) is 5.82 Å². The molecule has 2 aromatic carbocycles. The average Bonchev–Trinajstić information content (AvgIpc) is 3.00. The van der Waals surface area contributed by atoms with Crippen molar-refractivity contribution in [3.63, 3.8) is 0 Å². The van der Waals surface area contributed by atoms with E-state index in [0.29, 0.717) is 0 Å². The van der Waals surface area contributed by atoms with Crippen LogP contribution in [0, 0.1) is 12.7 Å². The number of hydrogen-bond acceptors (Lipinski definition) is 4. The van der Waals surface area contributed by atoms with Crippen molar-refractivity contribution in [3.05, 3.63) is 71.1 Å². The smallest absolute Gasteiger partial charge is 0.143 e. The van der Waals surface area contributed by atoms with Crippen LogP contribution in [-0.4, -0.2) is 9.97 Å². The topological polar surface area (TPSA) is 37.8 Å². The van der Waals surface area contributed by atoms with E-state index in [0.717, 1.165) is 44.1 Å². The maximum atomic E-state index is 13.3. The Morgan fingerprint density at radius 3 is 2.42 bits per heavy atom. The summed E-state index contributed by atoms with van der Waals surface area (Å²) in [6.45, 7) is 4.20. The number of anilines is 2. The van der Waals surface area contributed by atoms with Crippen LogP contribution in [0.5, 0.6) is 0 Å². The monoisotopic (exact) mass is 363 g/mol. The fourth-order valence-electron chi connectivity index (χ4n) is 3.06. The first-order valence-corrected chi connectivity index (χ1v) is 9.33. The third kappa shape index (κ3) is 3.06. The van der Waals surface area contributed by atoms with Crippen LogP contribution in [0.4, 0.5) is 15.9 Å². The van der Waals surface area contributed by atoms with E-state index in [4.69, 9.17) is 0 Å². The molecule has 0 unspecified atom stereocenters. The van der Waals surface area contributed by atoms with Crippen molar-refractivity contribution in [1.29, 1.82) is 0 Å². The van der Waals surface area contributed by atoms with Gasteiger partial charge in [0.1, 0.15) is 22.8 Å². The number of halogens is 1. The molecule has 2 aromatic heterocycles. The lowest BCUT2D eigenvalue weighted by Crippen LogP contribution is -1.96. The van der Waals surface area contributed by atoms with Crippen LogP contribution in [0.15, 0.2) is 54.9 Å². The number of aryl methyl sites for hydroxylation is 2. The molecule has 3 nitrogen and oxygen atoms in total. The van der Waals surface area contributed by atoms with Gasteiger partial charge in [-0.1, -0.05) is 31.2 Å². The van der Waals surface area contributed by atoms with Crippen LogP contribution in [0.25, 0.3) is 21.3 Å². The second kappa shape index (κ2) is 6.84. The molecule has 0 fully saturated rings. The first-order chi connectivity index (χ1) is 12.7. The Kier molecular flexibility index (Phi) is 4.39. The van der Waals surface area contributed by atoms with Gasteiger partial charge in [-0.15, -0.1) is 11.3 Å². The third-order valence-corrected chi connectivity index (χ3v) is 5.44. The summed E-state index contributed by atoms with van der Waals surface area (Å²) in [5, 5.41) is 4.39. The Morgan fingerprint density at radius 2 is 1.73 bits per heavy atom. The van der Waals surface area contributed by atoms with Crippen LogP contribution in [0.2, 0.25) is 0 Å². The minimum Gasteiger partial charge on any atom is -0.340 e.